The van der Waals surface area contributed by atoms with Crippen molar-refractivity contribution in [2.24, 2.45) is 5.84 Å². The zero-order chi connectivity index (χ0) is 14.8. The van der Waals surface area contributed by atoms with E-state index in [0.717, 1.165) is 17.0 Å². The number of hydrazine groups is 1. The van der Waals surface area contributed by atoms with Crippen LogP contribution < -0.4 is 21.5 Å². The van der Waals surface area contributed by atoms with Crippen LogP contribution >= 0.6 is 0 Å². The molecule has 7 nitrogen and oxygen atoms in total. The fourth-order valence-electron chi connectivity index (χ4n) is 2.08. The Bertz CT molecular complexity index is 763. The van der Waals surface area contributed by atoms with E-state index in [2.05, 4.69) is 20.7 Å². The Balaban J connectivity index is 2.01. The van der Waals surface area contributed by atoms with Crippen LogP contribution in [0.4, 0.5) is 23.0 Å². The Hall–Kier alpha value is -2.80. The largest absolute Gasteiger partial charge is 0.378 e. The Morgan fingerprint density at radius 1 is 1.29 bits per heavy atom. The van der Waals surface area contributed by atoms with Gasteiger partial charge in [-0.25, -0.2) is 15.8 Å². The molecule has 0 amide bonds. The fraction of sp³-hybridized carbons (Fsp3) is 0.143. The summed E-state index contributed by atoms with van der Waals surface area (Å²) < 4.78 is 1.86. The van der Waals surface area contributed by atoms with Crippen LogP contribution in [-0.4, -0.2) is 28.5 Å². The minimum atomic E-state index is 0.562. The molecule has 21 heavy (non-hydrogen) atoms. The number of nitrogens with zero attached hydrogens (tertiary/aromatic N) is 4. The molecule has 0 fully saturated rings. The number of nitrogen functional groups attached to an aromatic ring is 1. The van der Waals surface area contributed by atoms with Gasteiger partial charge in [0.15, 0.2) is 17.3 Å². The van der Waals surface area contributed by atoms with Crippen LogP contribution in [0, 0.1) is 0 Å². The molecule has 0 atom stereocenters. The maximum absolute atomic E-state index is 5.46. The van der Waals surface area contributed by atoms with Crippen molar-refractivity contribution >= 4 is 28.7 Å². The maximum atomic E-state index is 5.46. The number of aromatic nitrogens is 3. The van der Waals surface area contributed by atoms with Crippen LogP contribution in [0.2, 0.25) is 0 Å². The van der Waals surface area contributed by atoms with Crippen LogP contribution in [0.5, 0.6) is 0 Å². The van der Waals surface area contributed by atoms with Gasteiger partial charge in [-0.1, -0.05) is 6.07 Å². The third kappa shape index (κ3) is 2.59. The number of imidazole rings is 1. The van der Waals surface area contributed by atoms with Gasteiger partial charge in [-0.2, -0.15) is 0 Å². The smallest absolute Gasteiger partial charge is 0.180 e. The predicted octanol–water partition coefficient (Wildman–Crippen LogP) is 1.82. The van der Waals surface area contributed by atoms with Crippen LogP contribution in [0.1, 0.15) is 0 Å². The van der Waals surface area contributed by atoms with E-state index in [0.29, 0.717) is 11.6 Å². The van der Waals surface area contributed by atoms with Crippen molar-refractivity contribution in [3.63, 3.8) is 0 Å². The first-order chi connectivity index (χ1) is 10.2. The summed E-state index contributed by atoms with van der Waals surface area (Å²) >= 11 is 0. The first kappa shape index (κ1) is 13.2. The standard InChI is InChI=1S/C14H17N7/c1-20(2)11-5-3-4-10(8-11)17-13-14-16-6-7-21(14)9-12(18-13)19-15/h3-9,19H,15H2,1-2H3,(H,17,18). The van der Waals surface area contributed by atoms with E-state index in [1.165, 1.54) is 0 Å². The average Bonchev–Trinajstić information content (AvgIpc) is 2.96. The second kappa shape index (κ2) is 5.29. The molecule has 2 aromatic heterocycles. The van der Waals surface area contributed by atoms with E-state index >= 15 is 0 Å². The molecule has 3 rings (SSSR count). The average molecular weight is 283 g/mol. The number of hydrogen-bond donors (Lipinski definition) is 3. The molecule has 1 aromatic carbocycles. The molecule has 0 unspecified atom stereocenters. The first-order valence-corrected chi connectivity index (χ1v) is 6.52. The van der Waals surface area contributed by atoms with Crippen LogP contribution in [0.25, 0.3) is 5.65 Å². The number of hydrogen-bond acceptors (Lipinski definition) is 6. The third-order valence-corrected chi connectivity index (χ3v) is 3.15. The second-order valence-corrected chi connectivity index (χ2v) is 4.85. The van der Waals surface area contributed by atoms with Crippen LogP contribution in [-0.2, 0) is 0 Å². The molecule has 7 heteroatoms. The molecule has 3 aromatic rings. The van der Waals surface area contributed by atoms with Crippen molar-refractivity contribution in [3.8, 4) is 0 Å². The Labute approximate surface area is 122 Å². The van der Waals surface area contributed by atoms with Gasteiger partial charge in [-0.15, -0.1) is 0 Å². The summed E-state index contributed by atoms with van der Waals surface area (Å²) in [5.74, 6) is 6.66. The molecule has 0 bridgehead atoms. The van der Waals surface area contributed by atoms with Gasteiger partial charge in [0.25, 0.3) is 0 Å². The molecule has 4 N–H and O–H groups in total. The zero-order valence-electron chi connectivity index (χ0n) is 11.9. The summed E-state index contributed by atoms with van der Waals surface area (Å²) in [4.78, 5) is 10.8. The monoisotopic (exact) mass is 283 g/mol. The van der Waals surface area contributed by atoms with Crippen molar-refractivity contribution < 1.29 is 0 Å². The van der Waals surface area contributed by atoms with Crippen LogP contribution in [0.15, 0.2) is 42.9 Å². The molecule has 0 aliphatic rings. The quantitative estimate of drug-likeness (QED) is 0.500. The second-order valence-electron chi connectivity index (χ2n) is 4.85. The molecular formula is C14H17N7. The van der Waals surface area contributed by atoms with E-state index in [9.17, 15) is 0 Å². The molecule has 0 saturated heterocycles. The lowest BCUT2D eigenvalue weighted by Crippen LogP contribution is -2.11. The highest BCUT2D eigenvalue weighted by Gasteiger charge is 2.08. The van der Waals surface area contributed by atoms with E-state index in [-0.39, 0.29) is 0 Å². The van der Waals surface area contributed by atoms with E-state index in [4.69, 9.17) is 5.84 Å². The summed E-state index contributed by atoms with van der Waals surface area (Å²) in [5, 5.41) is 3.29. The highest BCUT2D eigenvalue weighted by Crippen LogP contribution is 2.23. The minimum Gasteiger partial charge on any atom is -0.378 e. The number of anilines is 4. The lowest BCUT2D eigenvalue weighted by molar-refractivity contribution is 1.11. The molecule has 108 valence electrons. The van der Waals surface area contributed by atoms with Gasteiger partial charge in [0.2, 0.25) is 0 Å². The van der Waals surface area contributed by atoms with Gasteiger partial charge < -0.3 is 20.0 Å². The Morgan fingerprint density at radius 2 is 2.14 bits per heavy atom. The molecule has 0 saturated carbocycles. The van der Waals surface area contributed by atoms with Gasteiger partial charge >= 0.3 is 0 Å². The highest BCUT2D eigenvalue weighted by atomic mass is 15.3. The molecule has 0 aliphatic heterocycles. The van der Waals surface area contributed by atoms with Crippen molar-refractivity contribution in [2.45, 2.75) is 0 Å². The molecular weight excluding hydrogens is 266 g/mol. The highest BCUT2D eigenvalue weighted by molar-refractivity contribution is 5.73. The lowest BCUT2D eigenvalue weighted by atomic mass is 10.2. The van der Waals surface area contributed by atoms with Gasteiger partial charge in [-0.05, 0) is 18.2 Å². The Kier molecular flexibility index (Phi) is 3.33. The first-order valence-electron chi connectivity index (χ1n) is 6.52. The van der Waals surface area contributed by atoms with Gasteiger partial charge in [0.1, 0.15) is 0 Å². The third-order valence-electron chi connectivity index (χ3n) is 3.15. The van der Waals surface area contributed by atoms with Crippen molar-refractivity contribution in [2.75, 3.05) is 29.7 Å². The van der Waals surface area contributed by atoms with Crippen molar-refractivity contribution in [1.82, 2.24) is 14.4 Å². The van der Waals surface area contributed by atoms with Gasteiger partial charge in [0, 0.05) is 37.9 Å². The lowest BCUT2D eigenvalue weighted by Gasteiger charge is -2.14. The number of fused-ring (bicyclic) bond motifs is 1. The van der Waals surface area contributed by atoms with E-state index < -0.39 is 0 Å². The van der Waals surface area contributed by atoms with Gasteiger partial charge in [0.05, 0.1) is 6.20 Å². The minimum absolute atomic E-state index is 0.562. The summed E-state index contributed by atoms with van der Waals surface area (Å²) in [7, 11) is 4.01. The maximum Gasteiger partial charge on any atom is 0.180 e. The van der Waals surface area contributed by atoms with Gasteiger partial charge in [-0.3, -0.25) is 0 Å². The fourth-order valence-corrected chi connectivity index (χ4v) is 2.08. The SMILES string of the molecule is CN(C)c1cccc(Nc2nc(NN)cn3ccnc23)c1. The zero-order valence-corrected chi connectivity index (χ0v) is 11.9. The summed E-state index contributed by atoms with van der Waals surface area (Å²) in [6.45, 7) is 0. The number of benzene rings is 1. The molecule has 0 spiro atoms. The van der Waals surface area contributed by atoms with Crippen molar-refractivity contribution in [3.05, 3.63) is 42.9 Å². The van der Waals surface area contributed by atoms with E-state index in [1.807, 2.05) is 53.9 Å². The summed E-state index contributed by atoms with van der Waals surface area (Å²) in [5.41, 5.74) is 5.34. The van der Waals surface area contributed by atoms with E-state index in [1.54, 1.807) is 12.4 Å². The predicted molar refractivity (Wildman–Crippen MR) is 84.8 cm³/mol. The number of nitrogens with one attached hydrogen (secondary N) is 2. The summed E-state index contributed by atoms with van der Waals surface area (Å²) in [6.07, 6.45) is 5.35. The molecule has 0 aliphatic carbocycles. The normalized spacial score (nSPS) is 10.6. The number of nitrogens with two attached hydrogens (primary N) is 1. The van der Waals surface area contributed by atoms with Crippen LogP contribution in [0.3, 0.4) is 0 Å². The summed E-state index contributed by atoms with van der Waals surface area (Å²) in [6, 6.07) is 8.06. The molecule has 0 radical (unpaired) electrons. The van der Waals surface area contributed by atoms with Crippen molar-refractivity contribution in [1.29, 1.82) is 0 Å². The Morgan fingerprint density at radius 3 is 2.90 bits per heavy atom. The number of rotatable bonds is 4. The molecule has 2 heterocycles. The topological polar surface area (TPSA) is 83.5 Å².